The van der Waals surface area contributed by atoms with Gasteiger partial charge in [-0.1, -0.05) is 0 Å². The Morgan fingerprint density at radius 2 is 2.25 bits per heavy atom. The van der Waals surface area contributed by atoms with Gasteiger partial charge in [0.1, 0.15) is 0 Å². The number of aryl methyl sites for hydroxylation is 1. The van der Waals surface area contributed by atoms with Crippen molar-refractivity contribution in [1.82, 2.24) is 0 Å². The van der Waals surface area contributed by atoms with E-state index in [9.17, 15) is 4.79 Å². The highest BCUT2D eigenvalue weighted by molar-refractivity contribution is 6.17. The first-order chi connectivity index (χ1) is 7.62. The zero-order chi connectivity index (χ0) is 12.1. The molecule has 4 heteroatoms. The Kier molecular flexibility index (Phi) is 4.33. The van der Waals surface area contributed by atoms with E-state index in [1.165, 1.54) is 7.11 Å². The zero-order valence-corrected chi connectivity index (χ0v) is 9.97. The molecule has 0 radical (unpaired) electrons. The van der Waals surface area contributed by atoms with Crippen LogP contribution < -0.4 is 0 Å². The summed E-state index contributed by atoms with van der Waals surface area (Å²) in [4.78, 5) is 11.2. The second kappa shape index (κ2) is 5.53. The van der Waals surface area contributed by atoms with Crippen molar-refractivity contribution in [1.29, 1.82) is 5.26 Å². The number of hydrogen-bond acceptors (Lipinski definition) is 3. The third kappa shape index (κ3) is 2.74. The van der Waals surface area contributed by atoms with Gasteiger partial charge in [-0.05, 0) is 35.7 Å². The Bertz CT molecular complexity index is 449. The molecular weight excluding hydrogens is 226 g/mol. The lowest BCUT2D eigenvalue weighted by molar-refractivity contribution is -0.139. The highest BCUT2D eigenvalue weighted by Crippen LogP contribution is 2.20. The maximum absolute atomic E-state index is 11.2. The van der Waals surface area contributed by atoms with E-state index in [0.29, 0.717) is 11.4 Å². The van der Waals surface area contributed by atoms with Gasteiger partial charge in [0, 0.05) is 5.88 Å². The van der Waals surface area contributed by atoms with Gasteiger partial charge in [-0.15, -0.1) is 11.6 Å². The molecule has 0 spiro atoms. The van der Waals surface area contributed by atoms with E-state index in [1.807, 2.05) is 6.92 Å². The molecule has 0 aliphatic heterocycles. The van der Waals surface area contributed by atoms with Crippen LogP contribution in [0.1, 0.15) is 22.3 Å². The number of hydrogen-bond donors (Lipinski definition) is 0. The Labute approximate surface area is 99.6 Å². The van der Waals surface area contributed by atoms with Crippen molar-refractivity contribution in [3.63, 3.8) is 0 Å². The minimum atomic E-state index is -0.333. The number of methoxy groups -OCH3 is 1. The average Bonchev–Trinajstić information content (AvgIpc) is 2.28. The summed E-state index contributed by atoms with van der Waals surface area (Å²) in [5.41, 5.74) is 3.11. The molecule has 0 aliphatic carbocycles. The largest absolute Gasteiger partial charge is 0.469 e. The lowest BCUT2D eigenvalue weighted by atomic mass is 9.98. The minimum Gasteiger partial charge on any atom is -0.469 e. The summed E-state index contributed by atoms with van der Waals surface area (Å²) < 4.78 is 4.60. The number of nitriles is 1. The van der Waals surface area contributed by atoms with Gasteiger partial charge in [0.2, 0.25) is 0 Å². The summed E-state index contributed by atoms with van der Waals surface area (Å²) in [5, 5.41) is 8.84. The fraction of sp³-hybridized carbons (Fsp3) is 0.333. The van der Waals surface area contributed by atoms with Gasteiger partial charge in [-0.3, -0.25) is 4.79 Å². The third-order valence-corrected chi connectivity index (χ3v) is 2.66. The van der Waals surface area contributed by atoms with E-state index in [4.69, 9.17) is 16.9 Å². The fourth-order valence-corrected chi connectivity index (χ4v) is 1.91. The van der Waals surface area contributed by atoms with Crippen LogP contribution >= 0.6 is 11.6 Å². The number of benzene rings is 1. The predicted molar refractivity (Wildman–Crippen MR) is 61.2 cm³/mol. The summed E-state index contributed by atoms with van der Waals surface area (Å²) in [5.74, 6) is -0.00926. The topological polar surface area (TPSA) is 50.1 Å². The Hall–Kier alpha value is -1.53. The van der Waals surface area contributed by atoms with E-state index in [-0.39, 0.29) is 12.4 Å². The molecule has 0 aromatic heterocycles. The molecule has 0 atom stereocenters. The van der Waals surface area contributed by atoms with Crippen LogP contribution in [-0.2, 0) is 21.8 Å². The van der Waals surface area contributed by atoms with Crippen molar-refractivity contribution in [3.8, 4) is 6.07 Å². The highest BCUT2D eigenvalue weighted by Gasteiger charge is 2.11. The maximum atomic E-state index is 11.2. The van der Waals surface area contributed by atoms with Gasteiger partial charge in [-0.2, -0.15) is 5.26 Å². The van der Waals surface area contributed by atoms with Crippen molar-refractivity contribution in [2.75, 3.05) is 7.11 Å². The Balaban J connectivity index is 3.19. The number of alkyl halides is 1. The number of rotatable bonds is 3. The van der Waals surface area contributed by atoms with Crippen LogP contribution in [0.15, 0.2) is 12.1 Å². The van der Waals surface area contributed by atoms with Gasteiger partial charge < -0.3 is 4.74 Å². The average molecular weight is 238 g/mol. The molecule has 1 aromatic carbocycles. The predicted octanol–water partition coefficient (Wildman–Crippen LogP) is 2.32. The maximum Gasteiger partial charge on any atom is 0.309 e. The van der Waals surface area contributed by atoms with E-state index in [2.05, 4.69) is 10.8 Å². The van der Waals surface area contributed by atoms with Crippen molar-refractivity contribution < 1.29 is 9.53 Å². The molecule has 0 aliphatic rings. The number of nitrogens with zero attached hydrogens (tertiary/aromatic N) is 1. The lowest BCUT2D eigenvalue weighted by Gasteiger charge is -2.10. The highest BCUT2D eigenvalue weighted by atomic mass is 35.5. The van der Waals surface area contributed by atoms with Gasteiger partial charge >= 0.3 is 5.97 Å². The second-order valence-electron chi connectivity index (χ2n) is 3.43. The smallest absolute Gasteiger partial charge is 0.309 e. The van der Waals surface area contributed by atoms with E-state index in [1.54, 1.807) is 12.1 Å². The van der Waals surface area contributed by atoms with E-state index in [0.717, 1.165) is 16.7 Å². The van der Waals surface area contributed by atoms with Crippen LogP contribution in [-0.4, -0.2) is 13.1 Å². The molecule has 0 fully saturated rings. The normalized spacial score (nSPS) is 9.62. The summed E-state index contributed by atoms with van der Waals surface area (Å²) in [7, 11) is 1.34. The second-order valence-corrected chi connectivity index (χ2v) is 3.70. The first-order valence-corrected chi connectivity index (χ1v) is 5.31. The summed E-state index contributed by atoms with van der Waals surface area (Å²) >= 11 is 5.82. The first-order valence-electron chi connectivity index (χ1n) is 4.77. The molecule has 1 aromatic rings. The monoisotopic (exact) mass is 237 g/mol. The molecule has 0 amide bonds. The first kappa shape index (κ1) is 12.5. The quantitative estimate of drug-likeness (QED) is 0.599. The SMILES string of the molecule is COC(=O)Cc1cc(C#N)cc(C)c1CCl. The van der Waals surface area contributed by atoms with E-state index < -0.39 is 0 Å². The summed E-state index contributed by atoms with van der Waals surface area (Å²) in [6.07, 6.45) is 0.148. The number of halogens is 1. The molecular formula is C12H12ClNO2. The minimum absolute atomic E-state index is 0.148. The molecule has 0 saturated heterocycles. The van der Waals surface area contributed by atoms with Gasteiger partial charge in [0.15, 0.2) is 0 Å². The molecule has 0 heterocycles. The van der Waals surface area contributed by atoms with Crippen molar-refractivity contribution >= 4 is 17.6 Å². The van der Waals surface area contributed by atoms with E-state index >= 15 is 0 Å². The molecule has 0 N–H and O–H groups in total. The molecule has 0 unspecified atom stereocenters. The Morgan fingerprint density at radius 1 is 1.56 bits per heavy atom. The number of carbonyl (C=O) groups is 1. The van der Waals surface area contributed by atoms with Crippen LogP contribution in [0.4, 0.5) is 0 Å². The number of esters is 1. The molecule has 0 saturated carbocycles. The molecule has 16 heavy (non-hydrogen) atoms. The molecule has 0 bridgehead atoms. The van der Waals surface area contributed by atoms with Crippen LogP contribution in [0.5, 0.6) is 0 Å². The molecule has 1 rings (SSSR count). The van der Waals surface area contributed by atoms with Crippen molar-refractivity contribution in [2.45, 2.75) is 19.2 Å². The zero-order valence-electron chi connectivity index (χ0n) is 9.21. The Morgan fingerprint density at radius 3 is 2.75 bits per heavy atom. The van der Waals surface area contributed by atoms with Crippen molar-refractivity contribution in [2.24, 2.45) is 0 Å². The van der Waals surface area contributed by atoms with Crippen LogP contribution in [0.3, 0.4) is 0 Å². The molecule has 84 valence electrons. The van der Waals surface area contributed by atoms with Crippen LogP contribution in [0.25, 0.3) is 0 Å². The third-order valence-electron chi connectivity index (χ3n) is 2.39. The molecule has 3 nitrogen and oxygen atoms in total. The van der Waals surface area contributed by atoms with Crippen molar-refractivity contribution in [3.05, 3.63) is 34.4 Å². The fourth-order valence-electron chi connectivity index (χ4n) is 1.53. The van der Waals surface area contributed by atoms with Gasteiger partial charge in [0.05, 0.1) is 25.2 Å². The van der Waals surface area contributed by atoms with Gasteiger partial charge in [0.25, 0.3) is 0 Å². The standard InChI is InChI=1S/C12H12ClNO2/c1-8-3-9(7-14)4-10(11(8)6-13)5-12(15)16-2/h3-4H,5-6H2,1-2H3. The summed E-state index contributed by atoms with van der Waals surface area (Å²) in [6.45, 7) is 1.87. The number of ether oxygens (including phenoxy) is 1. The van der Waals surface area contributed by atoms with Gasteiger partial charge in [-0.25, -0.2) is 0 Å². The lowest BCUT2D eigenvalue weighted by Crippen LogP contribution is -2.07. The number of carbonyl (C=O) groups excluding carboxylic acids is 1. The van der Waals surface area contributed by atoms with Crippen LogP contribution in [0, 0.1) is 18.3 Å². The summed E-state index contributed by atoms with van der Waals surface area (Å²) in [6, 6.07) is 5.50. The van der Waals surface area contributed by atoms with Crippen LogP contribution in [0.2, 0.25) is 0 Å².